The first kappa shape index (κ1) is 13.3. The van der Waals surface area contributed by atoms with Crippen LogP contribution >= 0.6 is 0 Å². The largest absolute Gasteiger partial charge is 0.316 e. The van der Waals surface area contributed by atoms with Crippen LogP contribution in [-0.4, -0.2) is 12.0 Å². The maximum absolute atomic E-state index is 14.4. The van der Waals surface area contributed by atoms with Gasteiger partial charge in [0, 0.05) is 18.7 Å². The van der Waals surface area contributed by atoms with Gasteiger partial charge in [-0.25, -0.2) is 4.39 Å². The molecule has 0 aliphatic heterocycles. The first-order chi connectivity index (χ1) is 9.79. The summed E-state index contributed by atoms with van der Waals surface area (Å²) in [6.07, 6.45) is 4.94. The van der Waals surface area contributed by atoms with Gasteiger partial charge in [0.25, 0.3) is 0 Å². The van der Waals surface area contributed by atoms with Crippen molar-refractivity contribution in [1.29, 1.82) is 0 Å². The van der Waals surface area contributed by atoms with Crippen LogP contribution in [-0.2, 0) is 13.0 Å². The van der Waals surface area contributed by atoms with Crippen LogP contribution in [0.1, 0.15) is 41.1 Å². The molecule has 1 unspecified atom stereocenters. The lowest BCUT2D eigenvalue weighted by atomic mass is 9.82. The number of fused-ring (bicyclic) bond motifs is 1. The van der Waals surface area contributed by atoms with Crippen molar-refractivity contribution in [3.63, 3.8) is 0 Å². The van der Waals surface area contributed by atoms with Gasteiger partial charge in [-0.1, -0.05) is 18.2 Å². The van der Waals surface area contributed by atoms with E-state index in [0.29, 0.717) is 6.54 Å². The van der Waals surface area contributed by atoms with Gasteiger partial charge < -0.3 is 5.32 Å². The molecule has 2 nitrogen and oxygen atoms in total. The number of halogens is 1. The van der Waals surface area contributed by atoms with Crippen molar-refractivity contribution >= 4 is 0 Å². The Bertz CT molecular complexity index is 610. The molecule has 1 aliphatic carbocycles. The highest BCUT2D eigenvalue weighted by molar-refractivity contribution is 5.37. The normalized spacial score (nSPS) is 17.8. The van der Waals surface area contributed by atoms with E-state index in [9.17, 15) is 4.39 Å². The lowest BCUT2D eigenvalue weighted by Gasteiger charge is -2.25. The third kappa shape index (κ3) is 2.46. The van der Waals surface area contributed by atoms with Gasteiger partial charge in [-0.15, -0.1) is 0 Å². The highest BCUT2D eigenvalue weighted by Gasteiger charge is 2.25. The summed E-state index contributed by atoms with van der Waals surface area (Å²) in [4.78, 5) is 4.50. The van der Waals surface area contributed by atoms with Gasteiger partial charge in [0.1, 0.15) is 5.82 Å². The van der Waals surface area contributed by atoms with E-state index in [1.165, 1.54) is 5.56 Å². The Labute approximate surface area is 119 Å². The van der Waals surface area contributed by atoms with Crippen LogP contribution in [0.3, 0.4) is 0 Å². The second-order valence-corrected chi connectivity index (χ2v) is 5.38. The first-order valence-corrected chi connectivity index (χ1v) is 7.16. The van der Waals surface area contributed by atoms with E-state index in [1.54, 1.807) is 6.07 Å². The molecule has 1 aromatic heterocycles. The maximum atomic E-state index is 14.4. The fraction of sp³-hybridized carbons (Fsp3) is 0.353. The molecule has 0 radical (unpaired) electrons. The molecule has 2 aromatic rings. The van der Waals surface area contributed by atoms with Crippen LogP contribution in [0.5, 0.6) is 0 Å². The number of pyridine rings is 1. The summed E-state index contributed by atoms with van der Waals surface area (Å²) in [5.41, 5.74) is 4.08. The minimum atomic E-state index is -0.110. The van der Waals surface area contributed by atoms with Gasteiger partial charge in [-0.05, 0) is 55.1 Å². The lowest BCUT2D eigenvalue weighted by molar-refractivity contribution is 0.548. The van der Waals surface area contributed by atoms with Crippen LogP contribution < -0.4 is 5.32 Å². The van der Waals surface area contributed by atoms with Crippen molar-refractivity contribution in [2.45, 2.75) is 31.7 Å². The highest BCUT2D eigenvalue weighted by atomic mass is 19.1. The predicted octanol–water partition coefficient (Wildman–Crippen LogP) is 3.41. The van der Waals surface area contributed by atoms with Crippen molar-refractivity contribution in [2.24, 2.45) is 0 Å². The van der Waals surface area contributed by atoms with Gasteiger partial charge >= 0.3 is 0 Å². The smallest absolute Gasteiger partial charge is 0.127 e. The molecule has 1 N–H and O–H groups in total. The van der Waals surface area contributed by atoms with Crippen molar-refractivity contribution in [3.8, 4) is 0 Å². The SMILES string of the molecule is CNCc1ccc(C2CCCc3cccnc32)c(F)c1. The van der Waals surface area contributed by atoms with Gasteiger partial charge in [-0.3, -0.25) is 4.98 Å². The second kappa shape index (κ2) is 5.71. The van der Waals surface area contributed by atoms with Crippen LogP contribution in [0.2, 0.25) is 0 Å². The summed E-state index contributed by atoms with van der Waals surface area (Å²) in [6.45, 7) is 0.691. The molecule has 104 valence electrons. The summed E-state index contributed by atoms with van der Waals surface area (Å²) < 4.78 is 14.4. The Morgan fingerprint density at radius 3 is 3.05 bits per heavy atom. The third-order valence-corrected chi connectivity index (χ3v) is 4.02. The number of nitrogens with zero attached hydrogens (tertiary/aromatic N) is 1. The minimum absolute atomic E-state index is 0.101. The first-order valence-electron chi connectivity index (χ1n) is 7.16. The molecule has 0 spiro atoms. The van der Waals surface area contributed by atoms with Crippen molar-refractivity contribution < 1.29 is 4.39 Å². The van der Waals surface area contributed by atoms with Gasteiger partial charge in [-0.2, -0.15) is 0 Å². The quantitative estimate of drug-likeness (QED) is 0.924. The Morgan fingerprint density at radius 1 is 1.35 bits per heavy atom. The molecule has 1 heterocycles. The van der Waals surface area contributed by atoms with E-state index in [2.05, 4.69) is 16.4 Å². The van der Waals surface area contributed by atoms with Crippen LogP contribution in [0.25, 0.3) is 0 Å². The molecule has 0 amide bonds. The molecule has 1 aliphatic rings. The number of hydrogen-bond acceptors (Lipinski definition) is 2. The Balaban J connectivity index is 1.98. The van der Waals surface area contributed by atoms with Gasteiger partial charge in [0.2, 0.25) is 0 Å². The summed E-state index contributed by atoms with van der Waals surface area (Å²) >= 11 is 0. The second-order valence-electron chi connectivity index (χ2n) is 5.38. The predicted molar refractivity (Wildman–Crippen MR) is 78.2 cm³/mol. The Hall–Kier alpha value is -1.74. The number of nitrogens with one attached hydrogen (secondary N) is 1. The zero-order valence-electron chi connectivity index (χ0n) is 11.7. The van der Waals surface area contributed by atoms with E-state index in [4.69, 9.17) is 0 Å². The van der Waals surface area contributed by atoms with E-state index < -0.39 is 0 Å². The van der Waals surface area contributed by atoms with E-state index in [0.717, 1.165) is 36.1 Å². The van der Waals surface area contributed by atoms with Gasteiger partial charge in [0.15, 0.2) is 0 Å². The fourth-order valence-corrected chi connectivity index (χ4v) is 3.08. The number of rotatable bonds is 3. The number of benzene rings is 1. The molecular weight excluding hydrogens is 251 g/mol. The zero-order valence-corrected chi connectivity index (χ0v) is 11.7. The van der Waals surface area contributed by atoms with Crippen LogP contribution in [0, 0.1) is 5.82 Å². The van der Waals surface area contributed by atoms with E-state index in [-0.39, 0.29) is 11.7 Å². The average molecular weight is 270 g/mol. The fourth-order valence-electron chi connectivity index (χ4n) is 3.08. The average Bonchev–Trinajstić information content (AvgIpc) is 2.47. The molecule has 0 saturated heterocycles. The molecule has 0 fully saturated rings. The topological polar surface area (TPSA) is 24.9 Å². The molecule has 3 rings (SSSR count). The number of hydrogen-bond donors (Lipinski definition) is 1. The van der Waals surface area contributed by atoms with Crippen molar-refractivity contribution in [3.05, 3.63) is 64.7 Å². The highest BCUT2D eigenvalue weighted by Crippen LogP contribution is 2.36. The zero-order chi connectivity index (χ0) is 13.9. The summed E-state index contributed by atoms with van der Waals surface area (Å²) in [7, 11) is 1.87. The van der Waals surface area contributed by atoms with E-state index in [1.807, 2.05) is 31.4 Å². The molecule has 1 aromatic carbocycles. The van der Waals surface area contributed by atoms with Crippen LogP contribution in [0.4, 0.5) is 4.39 Å². The van der Waals surface area contributed by atoms with Crippen LogP contribution in [0.15, 0.2) is 36.5 Å². The lowest BCUT2D eigenvalue weighted by Crippen LogP contribution is -2.14. The molecule has 0 saturated carbocycles. The summed E-state index contributed by atoms with van der Waals surface area (Å²) in [6, 6.07) is 9.65. The molecule has 0 bridgehead atoms. The Kier molecular flexibility index (Phi) is 3.79. The monoisotopic (exact) mass is 270 g/mol. The standard InChI is InChI=1S/C17H19FN2/c1-19-11-12-7-8-14(16(18)10-12)15-6-2-4-13-5-3-9-20-17(13)15/h3,5,7-10,15,19H,2,4,6,11H2,1H3. The summed E-state index contributed by atoms with van der Waals surface area (Å²) in [5.74, 6) is -0.00941. The van der Waals surface area contributed by atoms with Crippen molar-refractivity contribution in [1.82, 2.24) is 10.3 Å². The molecule has 20 heavy (non-hydrogen) atoms. The maximum Gasteiger partial charge on any atom is 0.127 e. The van der Waals surface area contributed by atoms with E-state index >= 15 is 0 Å². The Morgan fingerprint density at radius 2 is 2.25 bits per heavy atom. The number of aryl methyl sites for hydroxylation is 1. The molecule has 3 heteroatoms. The van der Waals surface area contributed by atoms with Crippen molar-refractivity contribution in [2.75, 3.05) is 7.05 Å². The molecular formula is C17H19FN2. The third-order valence-electron chi connectivity index (χ3n) is 4.02. The molecule has 1 atom stereocenters. The number of aromatic nitrogens is 1. The summed E-state index contributed by atoms with van der Waals surface area (Å²) in [5, 5.41) is 3.05. The minimum Gasteiger partial charge on any atom is -0.316 e. The van der Waals surface area contributed by atoms with Gasteiger partial charge in [0.05, 0.1) is 5.69 Å².